The quantitative estimate of drug-likeness (QED) is 0.493. The van der Waals surface area contributed by atoms with E-state index in [4.69, 9.17) is 9.47 Å². The topological polar surface area (TPSA) is 111 Å². The SMILES string of the molecule is C[C@@]1(c2ccc3c(c2)OCCO3)NC(=O)N(Cc2ccc([N+](=O)[O-])cc2)C1=O. The van der Waals surface area contributed by atoms with Gasteiger partial charge in [-0.05, 0) is 30.2 Å². The van der Waals surface area contributed by atoms with Crippen LogP contribution in [0.5, 0.6) is 11.5 Å². The third kappa shape index (κ3) is 2.90. The van der Waals surface area contributed by atoms with Crippen molar-refractivity contribution in [3.63, 3.8) is 0 Å². The maximum absolute atomic E-state index is 13.0. The summed E-state index contributed by atoms with van der Waals surface area (Å²) >= 11 is 0. The van der Waals surface area contributed by atoms with E-state index in [1.807, 2.05) is 0 Å². The zero-order valence-electron chi connectivity index (χ0n) is 15.0. The van der Waals surface area contributed by atoms with Crippen LogP contribution in [0, 0.1) is 10.1 Å². The van der Waals surface area contributed by atoms with E-state index in [1.54, 1.807) is 25.1 Å². The highest BCUT2D eigenvalue weighted by molar-refractivity contribution is 6.07. The van der Waals surface area contributed by atoms with Crippen molar-refractivity contribution in [2.45, 2.75) is 19.0 Å². The van der Waals surface area contributed by atoms with E-state index in [9.17, 15) is 19.7 Å². The largest absolute Gasteiger partial charge is 0.486 e. The molecule has 0 aliphatic carbocycles. The standard InChI is InChI=1S/C19H17N3O6/c1-19(13-4-7-15-16(10-13)28-9-8-27-15)17(23)21(18(24)20-19)11-12-2-5-14(6-3-12)22(25)26/h2-7,10H,8-9,11H2,1H3,(H,20,24)/t19-/m0/s1. The second kappa shape index (κ2) is 6.52. The first-order valence-corrected chi connectivity index (χ1v) is 8.66. The summed E-state index contributed by atoms with van der Waals surface area (Å²) in [5.41, 5.74) is -0.0999. The van der Waals surface area contributed by atoms with Crippen LogP contribution in [0.1, 0.15) is 18.1 Å². The molecule has 9 heteroatoms. The highest BCUT2D eigenvalue weighted by Gasteiger charge is 2.49. The number of hydrogen-bond donors (Lipinski definition) is 1. The third-order valence-electron chi connectivity index (χ3n) is 4.88. The minimum Gasteiger partial charge on any atom is -0.486 e. The number of ether oxygens (including phenoxy) is 2. The van der Waals surface area contributed by atoms with Crippen LogP contribution in [-0.4, -0.2) is 35.0 Å². The van der Waals surface area contributed by atoms with Crippen LogP contribution in [0.4, 0.5) is 10.5 Å². The van der Waals surface area contributed by atoms with Gasteiger partial charge in [0.25, 0.3) is 11.6 Å². The lowest BCUT2D eigenvalue weighted by Gasteiger charge is -2.25. The Bertz CT molecular complexity index is 974. The minimum atomic E-state index is -1.24. The lowest BCUT2D eigenvalue weighted by Crippen LogP contribution is -2.41. The number of nitro benzene ring substituents is 1. The van der Waals surface area contributed by atoms with Gasteiger partial charge in [-0.25, -0.2) is 4.79 Å². The van der Waals surface area contributed by atoms with Crippen LogP contribution in [0.25, 0.3) is 0 Å². The van der Waals surface area contributed by atoms with Gasteiger partial charge >= 0.3 is 6.03 Å². The molecule has 0 unspecified atom stereocenters. The first-order chi connectivity index (χ1) is 13.4. The van der Waals surface area contributed by atoms with Gasteiger partial charge in [-0.1, -0.05) is 18.2 Å². The zero-order valence-corrected chi connectivity index (χ0v) is 15.0. The number of non-ortho nitro benzene ring substituents is 1. The third-order valence-corrected chi connectivity index (χ3v) is 4.88. The summed E-state index contributed by atoms with van der Waals surface area (Å²) in [7, 11) is 0. The van der Waals surface area contributed by atoms with Gasteiger partial charge in [0.1, 0.15) is 18.8 Å². The lowest BCUT2D eigenvalue weighted by atomic mass is 9.91. The second-order valence-electron chi connectivity index (χ2n) is 6.73. The molecule has 9 nitrogen and oxygen atoms in total. The molecular formula is C19H17N3O6. The average Bonchev–Trinajstić information content (AvgIpc) is 2.92. The maximum Gasteiger partial charge on any atom is 0.325 e. The molecule has 0 radical (unpaired) electrons. The van der Waals surface area contributed by atoms with E-state index < -0.39 is 22.4 Å². The number of amides is 3. The molecule has 1 atom stereocenters. The monoisotopic (exact) mass is 383 g/mol. The predicted molar refractivity (Wildman–Crippen MR) is 97.0 cm³/mol. The maximum atomic E-state index is 13.0. The summed E-state index contributed by atoms with van der Waals surface area (Å²) in [6, 6.07) is 10.3. The summed E-state index contributed by atoms with van der Waals surface area (Å²) in [5, 5.41) is 13.5. The highest BCUT2D eigenvalue weighted by Crippen LogP contribution is 2.37. The van der Waals surface area contributed by atoms with E-state index in [0.717, 1.165) is 4.90 Å². The molecule has 2 aromatic carbocycles. The van der Waals surface area contributed by atoms with Gasteiger partial charge in [0.2, 0.25) is 0 Å². The summed E-state index contributed by atoms with van der Waals surface area (Å²) in [6.45, 7) is 2.53. The summed E-state index contributed by atoms with van der Waals surface area (Å²) < 4.78 is 11.1. The van der Waals surface area contributed by atoms with E-state index in [-0.39, 0.29) is 12.2 Å². The molecule has 2 heterocycles. The van der Waals surface area contributed by atoms with Crippen molar-refractivity contribution in [2.75, 3.05) is 13.2 Å². The molecule has 4 rings (SSSR count). The van der Waals surface area contributed by atoms with Crippen LogP contribution >= 0.6 is 0 Å². The molecule has 2 aliphatic heterocycles. The molecule has 0 bridgehead atoms. The number of carbonyl (C=O) groups is 2. The molecule has 1 saturated heterocycles. The normalized spacial score (nSPS) is 20.8. The second-order valence-corrected chi connectivity index (χ2v) is 6.73. The van der Waals surface area contributed by atoms with Crippen molar-refractivity contribution < 1.29 is 24.0 Å². The van der Waals surface area contributed by atoms with Gasteiger partial charge in [0, 0.05) is 12.1 Å². The van der Waals surface area contributed by atoms with Crippen LogP contribution in [0.3, 0.4) is 0 Å². The van der Waals surface area contributed by atoms with Crippen LogP contribution in [-0.2, 0) is 16.9 Å². The number of carbonyl (C=O) groups excluding carboxylic acids is 2. The number of fused-ring (bicyclic) bond motifs is 1. The molecule has 144 valence electrons. The molecule has 2 aliphatic rings. The summed E-state index contributed by atoms with van der Waals surface area (Å²) in [6.07, 6.45) is 0. The Morgan fingerprint density at radius 2 is 1.79 bits per heavy atom. The van der Waals surface area contributed by atoms with E-state index in [2.05, 4.69) is 5.32 Å². The Kier molecular flexibility index (Phi) is 4.14. The fourth-order valence-corrected chi connectivity index (χ4v) is 3.30. The van der Waals surface area contributed by atoms with Gasteiger partial charge in [0.15, 0.2) is 11.5 Å². The number of nitrogens with one attached hydrogen (secondary N) is 1. The van der Waals surface area contributed by atoms with Crippen LogP contribution in [0.2, 0.25) is 0 Å². The summed E-state index contributed by atoms with van der Waals surface area (Å²) in [4.78, 5) is 36.9. The van der Waals surface area contributed by atoms with Gasteiger partial charge in [-0.15, -0.1) is 0 Å². The Morgan fingerprint density at radius 3 is 2.46 bits per heavy atom. The van der Waals surface area contributed by atoms with E-state index in [1.165, 1.54) is 24.3 Å². The molecule has 3 amide bonds. The van der Waals surface area contributed by atoms with Crippen molar-refractivity contribution in [2.24, 2.45) is 0 Å². The van der Waals surface area contributed by atoms with Crippen molar-refractivity contribution in [3.05, 3.63) is 63.7 Å². The highest BCUT2D eigenvalue weighted by atomic mass is 16.6. The van der Waals surface area contributed by atoms with Crippen molar-refractivity contribution >= 4 is 17.6 Å². The van der Waals surface area contributed by atoms with E-state index in [0.29, 0.717) is 35.8 Å². The smallest absolute Gasteiger partial charge is 0.325 e. The number of urea groups is 1. The number of hydrogen-bond acceptors (Lipinski definition) is 6. The van der Waals surface area contributed by atoms with Crippen molar-refractivity contribution in [3.8, 4) is 11.5 Å². The molecule has 28 heavy (non-hydrogen) atoms. The van der Waals surface area contributed by atoms with Crippen LogP contribution in [0.15, 0.2) is 42.5 Å². The van der Waals surface area contributed by atoms with Gasteiger partial charge in [0.05, 0.1) is 11.5 Å². The fraction of sp³-hybridized carbons (Fsp3) is 0.263. The van der Waals surface area contributed by atoms with Gasteiger partial charge in [-0.3, -0.25) is 19.8 Å². The number of rotatable bonds is 4. The molecule has 1 N–H and O–H groups in total. The molecule has 0 aromatic heterocycles. The Balaban J connectivity index is 1.58. The average molecular weight is 383 g/mol. The zero-order chi connectivity index (χ0) is 19.9. The molecule has 2 aromatic rings. The molecule has 0 saturated carbocycles. The Morgan fingerprint density at radius 1 is 1.11 bits per heavy atom. The number of imide groups is 1. The number of nitro groups is 1. The first-order valence-electron chi connectivity index (χ1n) is 8.66. The number of nitrogens with zero attached hydrogens (tertiary/aromatic N) is 2. The van der Waals surface area contributed by atoms with E-state index >= 15 is 0 Å². The van der Waals surface area contributed by atoms with Gasteiger partial charge in [-0.2, -0.15) is 0 Å². The minimum absolute atomic E-state index is 0.0167. The first kappa shape index (κ1) is 17.8. The van der Waals surface area contributed by atoms with Crippen LogP contribution < -0.4 is 14.8 Å². The Labute approximate surface area is 160 Å². The number of benzene rings is 2. The summed E-state index contributed by atoms with van der Waals surface area (Å²) in [5.74, 6) is 0.714. The molecular weight excluding hydrogens is 366 g/mol. The van der Waals surface area contributed by atoms with Crippen molar-refractivity contribution in [1.29, 1.82) is 0 Å². The molecule has 1 fully saturated rings. The lowest BCUT2D eigenvalue weighted by molar-refractivity contribution is -0.384. The Hall–Kier alpha value is -3.62. The van der Waals surface area contributed by atoms with Crippen molar-refractivity contribution in [1.82, 2.24) is 10.2 Å². The fourth-order valence-electron chi connectivity index (χ4n) is 3.30. The predicted octanol–water partition coefficient (Wildman–Crippen LogP) is 2.33. The molecule has 0 spiro atoms. The van der Waals surface area contributed by atoms with Gasteiger partial charge < -0.3 is 14.8 Å².